The largest absolute Gasteiger partial charge is 0.338 e. The van der Waals surface area contributed by atoms with Gasteiger partial charge in [-0.2, -0.15) is 0 Å². The van der Waals surface area contributed by atoms with Crippen molar-refractivity contribution in [3.63, 3.8) is 0 Å². The van der Waals surface area contributed by atoms with E-state index in [-0.39, 0.29) is 6.03 Å². The van der Waals surface area contributed by atoms with E-state index in [1.807, 2.05) is 4.90 Å². The van der Waals surface area contributed by atoms with Gasteiger partial charge in [-0.3, -0.25) is 0 Å². The van der Waals surface area contributed by atoms with Crippen molar-refractivity contribution in [2.24, 2.45) is 0 Å². The number of hydrogen-bond donors (Lipinski definition) is 1. The van der Waals surface area contributed by atoms with Crippen LogP contribution in [0.15, 0.2) is 0 Å². The molecule has 2 fully saturated rings. The van der Waals surface area contributed by atoms with Gasteiger partial charge in [0.1, 0.15) is 0 Å². The third-order valence-electron chi connectivity index (χ3n) is 2.79. The van der Waals surface area contributed by atoms with Gasteiger partial charge >= 0.3 is 6.03 Å². The van der Waals surface area contributed by atoms with Crippen LogP contribution in [-0.4, -0.2) is 43.2 Å². The number of carbonyl (C=O) groups excluding carboxylic acids is 1. The molecule has 2 amide bonds. The molecule has 0 spiro atoms. The zero-order chi connectivity index (χ0) is 9.10. The molecule has 0 aliphatic carbocycles. The summed E-state index contributed by atoms with van der Waals surface area (Å²) in [6.45, 7) is 3.62. The second kappa shape index (κ2) is 3.96. The van der Waals surface area contributed by atoms with Gasteiger partial charge in [0, 0.05) is 32.2 Å². The normalized spacial score (nSPS) is 25.8. The minimum atomic E-state index is 0.123. The Bertz CT molecular complexity index is 189. The van der Waals surface area contributed by atoms with E-state index in [1.54, 1.807) is 0 Å². The minimum Gasteiger partial charge on any atom is -0.338 e. The van der Waals surface area contributed by atoms with Crippen LogP contribution in [0.25, 0.3) is 0 Å². The Balaban J connectivity index is 1.92. The van der Waals surface area contributed by atoms with Crippen molar-refractivity contribution in [2.45, 2.75) is 25.3 Å². The van der Waals surface area contributed by atoms with Crippen LogP contribution in [0, 0.1) is 0 Å². The number of nitrogens with one attached hydrogen (secondary N) is 1. The molecule has 2 saturated heterocycles. The molecule has 0 aromatic heterocycles. The van der Waals surface area contributed by atoms with E-state index in [1.165, 1.54) is 0 Å². The first-order valence-corrected chi connectivity index (χ1v) is 5.05. The van der Waals surface area contributed by atoms with Gasteiger partial charge < -0.3 is 10.2 Å². The Labute approximate surface area is 78.7 Å². The second-order valence-corrected chi connectivity index (χ2v) is 3.68. The first kappa shape index (κ1) is 8.81. The van der Waals surface area contributed by atoms with E-state index < -0.39 is 0 Å². The van der Waals surface area contributed by atoms with E-state index in [9.17, 15) is 4.79 Å². The van der Waals surface area contributed by atoms with Gasteiger partial charge in [0.25, 0.3) is 0 Å². The zero-order valence-electron chi connectivity index (χ0n) is 7.83. The van der Waals surface area contributed by atoms with Crippen molar-refractivity contribution in [1.82, 2.24) is 15.5 Å². The summed E-state index contributed by atoms with van der Waals surface area (Å²) in [4.78, 5) is 13.5. The highest BCUT2D eigenvalue weighted by Gasteiger charge is 2.26. The highest BCUT2D eigenvalue weighted by molar-refractivity contribution is 5.75. The third-order valence-corrected chi connectivity index (χ3v) is 2.79. The van der Waals surface area contributed by atoms with E-state index >= 15 is 0 Å². The Morgan fingerprint density at radius 2 is 2.15 bits per heavy atom. The summed E-state index contributed by atoms with van der Waals surface area (Å²) in [7, 11) is 0. The summed E-state index contributed by atoms with van der Waals surface area (Å²) < 4.78 is 0. The van der Waals surface area contributed by atoms with E-state index in [2.05, 4.69) is 10.6 Å². The van der Waals surface area contributed by atoms with Gasteiger partial charge in [-0.25, -0.2) is 10.1 Å². The molecule has 4 heteroatoms. The maximum Gasteiger partial charge on any atom is 0.317 e. The third kappa shape index (κ3) is 1.94. The van der Waals surface area contributed by atoms with Crippen LogP contribution in [0.2, 0.25) is 0 Å². The van der Waals surface area contributed by atoms with Crippen LogP contribution in [0.5, 0.6) is 0 Å². The highest BCUT2D eigenvalue weighted by Crippen LogP contribution is 2.14. The lowest BCUT2D eigenvalue weighted by molar-refractivity contribution is 0.146. The lowest BCUT2D eigenvalue weighted by Gasteiger charge is -2.36. The molecule has 1 radical (unpaired) electrons. The van der Waals surface area contributed by atoms with E-state index in [4.69, 9.17) is 0 Å². The smallest absolute Gasteiger partial charge is 0.317 e. The molecule has 0 aromatic carbocycles. The molecule has 0 unspecified atom stereocenters. The fourth-order valence-electron chi connectivity index (χ4n) is 2.04. The molecule has 13 heavy (non-hydrogen) atoms. The van der Waals surface area contributed by atoms with Crippen molar-refractivity contribution in [2.75, 3.05) is 26.2 Å². The van der Waals surface area contributed by atoms with Crippen LogP contribution < -0.4 is 10.6 Å². The summed E-state index contributed by atoms with van der Waals surface area (Å²) in [5.41, 5.74) is 0. The maximum atomic E-state index is 11.5. The number of hydrogen-bond acceptors (Lipinski definition) is 1. The summed E-state index contributed by atoms with van der Waals surface area (Å²) in [5.74, 6) is 0. The Hall–Kier alpha value is -0.770. The number of carbonyl (C=O) groups is 1. The number of amides is 2. The van der Waals surface area contributed by atoms with Gasteiger partial charge in [0.15, 0.2) is 0 Å². The standard InChI is InChI=1S/C9H16N3O/c13-9-11-4-1-7-12(9)8-2-5-10-6-3-8/h8H,1-7H2,(H,11,13). The van der Waals surface area contributed by atoms with Crippen LogP contribution in [-0.2, 0) is 0 Å². The molecule has 0 aromatic rings. The lowest BCUT2D eigenvalue weighted by Crippen LogP contribution is -2.53. The monoisotopic (exact) mass is 182 g/mol. The van der Waals surface area contributed by atoms with Gasteiger partial charge in [0.05, 0.1) is 0 Å². The van der Waals surface area contributed by atoms with Crippen molar-refractivity contribution in [3.05, 3.63) is 0 Å². The molecular formula is C9H16N3O. The van der Waals surface area contributed by atoms with Crippen LogP contribution in [0.1, 0.15) is 19.3 Å². The number of rotatable bonds is 1. The number of nitrogens with zero attached hydrogens (tertiary/aromatic N) is 2. The first-order chi connectivity index (χ1) is 6.38. The number of urea groups is 1. The molecule has 1 N–H and O–H groups in total. The molecule has 73 valence electrons. The van der Waals surface area contributed by atoms with E-state index in [0.717, 1.165) is 45.4 Å². The van der Waals surface area contributed by atoms with Crippen molar-refractivity contribution < 1.29 is 4.79 Å². The highest BCUT2D eigenvalue weighted by atomic mass is 16.2. The Kier molecular flexibility index (Phi) is 2.68. The molecule has 2 aliphatic rings. The molecule has 2 aliphatic heterocycles. The SMILES string of the molecule is O=C1NCCCN1C1CC[N]CC1. The van der Waals surface area contributed by atoms with Crippen molar-refractivity contribution in [1.29, 1.82) is 0 Å². The molecule has 0 bridgehead atoms. The van der Waals surface area contributed by atoms with Crippen LogP contribution >= 0.6 is 0 Å². The molecule has 0 saturated carbocycles. The van der Waals surface area contributed by atoms with Gasteiger partial charge in [0.2, 0.25) is 0 Å². The molecule has 2 rings (SSSR count). The minimum absolute atomic E-state index is 0.123. The first-order valence-electron chi connectivity index (χ1n) is 5.05. The zero-order valence-corrected chi connectivity index (χ0v) is 7.83. The molecule has 0 atom stereocenters. The topological polar surface area (TPSA) is 46.4 Å². The summed E-state index contributed by atoms with van der Waals surface area (Å²) in [6.07, 6.45) is 3.18. The molecule has 4 nitrogen and oxygen atoms in total. The molecule has 2 heterocycles. The lowest BCUT2D eigenvalue weighted by atomic mass is 10.0. The predicted octanol–water partition coefficient (Wildman–Crippen LogP) is 0.169. The summed E-state index contributed by atoms with van der Waals surface area (Å²) in [5, 5.41) is 7.17. The molecular weight excluding hydrogens is 166 g/mol. The number of piperidine rings is 1. The fraction of sp³-hybridized carbons (Fsp3) is 0.889. The maximum absolute atomic E-state index is 11.5. The van der Waals surface area contributed by atoms with Crippen LogP contribution in [0.4, 0.5) is 4.79 Å². The Morgan fingerprint density at radius 3 is 2.85 bits per heavy atom. The average Bonchev–Trinajstić information content (AvgIpc) is 2.20. The quantitative estimate of drug-likeness (QED) is 0.617. The van der Waals surface area contributed by atoms with Crippen molar-refractivity contribution in [3.8, 4) is 0 Å². The van der Waals surface area contributed by atoms with E-state index in [0.29, 0.717) is 6.04 Å². The summed E-state index contributed by atoms with van der Waals surface area (Å²) in [6, 6.07) is 0.566. The van der Waals surface area contributed by atoms with Crippen LogP contribution in [0.3, 0.4) is 0 Å². The van der Waals surface area contributed by atoms with Gasteiger partial charge in [-0.15, -0.1) is 0 Å². The van der Waals surface area contributed by atoms with Gasteiger partial charge in [-0.1, -0.05) is 0 Å². The average molecular weight is 182 g/mol. The Morgan fingerprint density at radius 1 is 1.38 bits per heavy atom. The van der Waals surface area contributed by atoms with Crippen molar-refractivity contribution >= 4 is 6.03 Å². The second-order valence-electron chi connectivity index (χ2n) is 3.68. The fourth-order valence-corrected chi connectivity index (χ4v) is 2.04. The predicted molar refractivity (Wildman–Crippen MR) is 49.6 cm³/mol. The summed E-state index contributed by atoms with van der Waals surface area (Å²) >= 11 is 0. The van der Waals surface area contributed by atoms with Gasteiger partial charge in [-0.05, 0) is 19.3 Å².